The molecule has 0 aliphatic carbocycles. The van der Waals surface area contributed by atoms with E-state index >= 15 is 0 Å². The number of carbonyl (C=O) groups is 15. The molecule has 0 aromatic heterocycles. The molecule has 0 aliphatic heterocycles. The summed E-state index contributed by atoms with van der Waals surface area (Å²) in [5, 5.41) is 69.7. The fourth-order valence-corrected chi connectivity index (χ4v) is 11.3. The van der Waals surface area contributed by atoms with Crippen LogP contribution in [0.2, 0.25) is 0 Å². The summed E-state index contributed by atoms with van der Waals surface area (Å²) in [4.78, 5) is 204. The van der Waals surface area contributed by atoms with Gasteiger partial charge in [-0.2, -0.15) is 12.6 Å². The van der Waals surface area contributed by atoms with Gasteiger partial charge in [-0.25, -0.2) is 4.79 Å². The molecule has 0 unspecified atom stereocenters. The van der Waals surface area contributed by atoms with Gasteiger partial charge in [0, 0.05) is 25.0 Å². The van der Waals surface area contributed by atoms with Crippen molar-refractivity contribution >= 4 is 101 Å². The molecule has 3 aromatic carbocycles. The predicted octanol–water partition coefficient (Wildman–Crippen LogP) is -1.40. The summed E-state index contributed by atoms with van der Waals surface area (Å²) in [6.07, 6.45) is -1.72. The number of carbonyl (C=O) groups excluding carboxylic acids is 13. The van der Waals surface area contributed by atoms with E-state index < -0.39 is 181 Å². The predicted molar refractivity (Wildman–Crippen MR) is 400 cm³/mol. The maximum Gasteiger partial charge on any atom is 0.326 e. The molecule has 34 nitrogen and oxygen atoms in total. The zero-order valence-corrected chi connectivity index (χ0v) is 63.3. The molecule has 0 fully saturated rings. The van der Waals surface area contributed by atoms with Crippen molar-refractivity contribution in [3.05, 3.63) is 95.6 Å². The monoisotopic (exact) mass is 1530 g/mol. The largest absolute Gasteiger partial charge is 0.508 e. The molecule has 0 aliphatic rings. The smallest absolute Gasteiger partial charge is 0.326 e. The van der Waals surface area contributed by atoms with E-state index in [9.17, 15) is 87.2 Å². The molecule has 596 valence electrons. The van der Waals surface area contributed by atoms with Crippen molar-refractivity contribution in [3.63, 3.8) is 0 Å². The second-order valence-electron chi connectivity index (χ2n) is 28.2. The van der Waals surface area contributed by atoms with E-state index in [1.54, 1.807) is 85.7 Å². The van der Waals surface area contributed by atoms with Gasteiger partial charge in [-0.1, -0.05) is 110 Å². The number of phenols is 2. The molecule has 13 amide bonds. The minimum absolute atomic E-state index is 0.00409. The molecule has 3 aromatic rings. The zero-order chi connectivity index (χ0) is 81.1. The number of carboxylic acids is 2. The van der Waals surface area contributed by atoms with Crippen molar-refractivity contribution in [2.45, 2.75) is 212 Å². The van der Waals surface area contributed by atoms with Crippen LogP contribution < -0.4 is 81.0 Å². The Morgan fingerprint density at radius 2 is 0.741 bits per heavy atom. The molecular weight excluding hydrogens is 1420 g/mol. The van der Waals surface area contributed by atoms with E-state index in [1.807, 2.05) is 0 Å². The average Bonchev–Trinajstić information content (AvgIpc) is 0.856. The lowest BCUT2D eigenvalue weighted by Gasteiger charge is -2.28. The van der Waals surface area contributed by atoms with Crippen LogP contribution >= 0.6 is 12.6 Å². The summed E-state index contributed by atoms with van der Waals surface area (Å²) in [5.74, 6) is -16.4. The number of aliphatic carboxylic acids is 2. The second-order valence-corrected chi connectivity index (χ2v) is 28.6. The Bertz CT molecular complexity index is 3530. The number of primary amides is 1. The average molecular weight is 1530 g/mol. The van der Waals surface area contributed by atoms with Crippen molar-refractivity contribution in [1.29, 1.82) is 0 Å². The Labute approximate surface area is 633 Å². The molecule has 12 atom stereocenters. The van der Waals surface area contributed by atoms with Crippen LogP contribution in [0.5, 0.6) is 11.5 Å². The maximum atomic E-state index is 14.5. The third-order valence-electron chi connectivity index (χ3n) is 16.6. The quantitative estimate of drug-likeness (QED) is 0.0228. The van der Waals surface area contributed by atoms with Crippen LogP contribution in [0, 0.1) is 23.7 Å². The summed E-state index contributed by atoms with van der Waals surface area (Å²) in [6.45, 7) is 14.7. The minimum atomic E-state index is -1.83. The van der Waals surface area contributed by atoms with Crippen LogP contribution in [0.15, 0.2) is 78.9 Å². The minimum Gasteiger partial charge on any atom is -0.508 e. The van der Waals surface area contributed by atoms with Crippen LogP contribution in [0.25, 0.3) is 0 Å². The molecule has 0 heterocycles. The number of carboxylic acid groups (broad SMARTS) is 2. The third-order valence-corrected chi connectivity index (χ3v) is 17.0. The van der Waals surface area contributed by atoms with Gasteiger partial charge in [-0.3, -0.25) is 67.1 Å². The first-order valence-electron chi connectivity index (χ1n) is 35.8. The first kappa shape index (κ1) is 91.8. The van der Waals surface area contributed by atoms with Crippen LogP contribution in [-0.4, -0.2) is 201 Å². The SMILES string of the molecule is CC(C)C[C@H](NC(=O)CNC(=O)[C@H](Cc1ccc(O)cc1)NC(=O)[C@H](CC(N)=O)NC(=O)[C@H](CCCCN)NC(=O)[C@H](CC(C)C)NC(=O)[C@H](CC(C)C)NC(=O)[C@H](C)NC(=O)[C@@H](N)CC(=O)O)C(=O)N[C@@H](CC(C)C)C(=O)N[C@@H](Cc1ccc(O)cc1)C(=O)N[C@@H](CS)C(=O)N[C@@H](Cc1ccccc1)C(=O)O. The fourth-order valence-electron chi connectivity index (χ4n) is 11.1. The van der Waals surface area contributed by atoms with Gasteiger partial charge in [-0.05, 0) is 123 Å². The topological polar surface area (TPSA) is 559 Å². The highest BCUT2D eigenvalue weighted by atomic mass is 32.1. The molecule has 108 heavy (non-hydrogen) atoms. The van der Waals surface area contributed by atoms with Crippen LogP contribution in [0.3, 0.4) is 0 Å². The number of benzene rings is 3. The number of unbranched alkanes of at least 4 members (excludes halogenated alkanes) is 1. The number of amides is 13. The van der Waals surface area contributed by atoms with E-state index in [1.165, 1.54) is 55.5 Å². The van der Waals surface area contributed by atoms with Crippen molar-refractivity contribution < 1.29 is 92.3 Å². The summed E-state index contributed by atoms with van der Waals surface area (Å²) >= 11 is 4.26. The number of aromatic hydroxyl groups is 2. The van der Waals surface area contributed by atoms with E-state index in [0.29, 0.717) is 23.1 Å². The molecule has 35 heteroatoms. The van der Waals surface area contributed by atoms with Crippen LogP contribution in [-0.2, 0) is 91.2 Å². The lowest BCUT2D eigenvalue weighted by atomic mass is 9.99. The highest BCUT2D eigenvalue weighted by Gasteiger charge is 2.37. The number of hydrogen-bond donors (Lipinski definition) is 20. The Morgan fingerprint density at radius 1 is 0.389 bits per heavy atom. The normalized spacial score (nSPS) is 14.6. The van der Waals surface area contributed by atoms with E-state index in [2.05, 4.69) is 76.4 Å². The van der Waals surface area contributed by atoms with Gasteiger partial charge in [0.2, 0.25) is 76.8 Å². The summed E-state index contributed by atoms with van der Waals surface area (Å²) in [7, 11) is 0. The molecule has 0 saturated carbocycles. The van der Waals surface area contributed by atoms with Gasteiger partial charge in [0.05, 0.1) is 25.4 Å². The van der Waals surface area contributed by atoms with Crippen molar-refractivity contribution in [2.24, 2.45) is 40.9 Å². The lowest BCUT2D eigenvalue weighted by molar-refractivity contribution is -0.142. The van der Waals surface area contributed by atoms with Crippen molar-refractivity contribution in [1.82, 2.24) is 63.8 Å². The van der Waals surface area contributed by atoms with E-state index in [0.717, 1.165) is 0 Å². The maximum absolute atomic E-state index is 14.5. The number of nitrogens with two attached hydrogens (primary N) is 3. The highest BCUT2D eigenvalue weighted by Crippen LogP contribution is 2.18. The zero-order valence-electron chi connectivity index (χ0n) is 62.4. The Balaban J connectivity index is 1.89. The van der Waals surface area contributed by atoms with Gasteiger partial charge in [0.1, 0.15) is 78.0 Å². The van der Waals surface area contributed by atoms with Crippen molar-refractivity contribution in [2.75, 3.05) is 18.8 Å². The number of hydrogen-bond acceptors (Lipinski definition) is 20. The third kappa shape index (κ3) is 34.4. The van der Waals surface area contributed by atoms with Gasteiger partial charge >= 0.3 is 11.9 Å². The number of thiol groups is 1. The molecule has 0 radical (unpaired) electrons. The van der Waals surface area contributed by atoms with Gasteiger partial charge < -0.3 is 101 Å². The Kier molecular flexibility index (Phi) is 39.6. The molecule has 0 saturated heterocycles. The molecular formula is C73H109N15O19S. The van der Waals surface area contributed by atoms with Gasteiger partial charge in [-0.15, -0.1) is 0 Å². The van der Waals surface area contributed by atoms with Crippen LogP contribution in [0.4, 0.5) is 0 Å². The first-order chi connectivity index (χ1) is 50.8. The van der Waals surface area contributed by atoms with Crippen molar-refractivity contribution in [3.8, 4) is 11.5 Å². The van der Waals surface area contributed by atoms with Gasteiger partial charge in [0.25, 0.3) is 0 Å². The summed E-state index contributed by atoms with van der Waals surface area (Å²) < 4.78 is 0. The summed E-state index contributed by atoms with van der Waals surface area (Å²) in [5.41, 5.74) is 18.5. The highest BCUT2D eigenvalue weighted by molar-refractivity contribution is 7.80. The lowest BCUT2D eigenvalue weighted by Crippen LogP contribution is -2.60. The fraction of sp³-hybridized carbons (Fsp3) is 0.548. The summed E-state index contributed by atoms with van der Waals surface area (Å²) in [6, 6.07) is 2.32. The van der Waals surface area contributed by atoms with Gasteiger partial charge in [0.15, 0.2) is 0 Å². The molecule has 22 N–H and O–H groups in total. The molecule has 3 rings (SSSR count). The molecule has 0 spiro atoms. The number of rotatable bonds is 48. The number of phenolic OH excluding ortho intramolecular Hbond substituents is 2. The second kappa shape index (κ2) is 46.6. The number of nitrogens with one attached hydrogen (secondary N) is 12. The standard InChI is InChI=1S/C73H109N15O19S/c1-38(2)27-50(66(99)82-53(30-41(7)8)69(102)85-55(32-45-20-24-47(90)25-21-45)70(103)88-58(37-108)72(105)87-57(73(106)107)33-43-15-11-10-12-16-43)79-60(92)36-77-64(97)54(31-44-18-22-46(89)23-19-44)84-71(104)56(35-59(76)91)86-65(98)49(17-13-14-26-74)80-67(100)52(29-40(5)6)83-68(101)51(28-39(3)4)81-62(95)42(9)78-63(96)48(75)34-61(93)94/h10-12,15-16,18-25,38-42,48-58,89-90,108H,13-14,17,26-37,74-75H2,1-9H3,(H2,76,91)(H,77,97)(H,78,96)(H,79,92)(H,80,100)(H,81,95)(H,82,99)(H,83,101)(H,84,104)(H,85,102)(H,86,98)(H,87,105)(H,88,103)(H,93,94)(H,106,107)/t42-,48-,49-,50-,51-,52-,53-,54-,55-,56-,57-,58-/m0/s1. The molecule has 0 bridgehead atoms. The Hall–Kier alpha value is -10.4. The van der Waals surface area contributed by atoms with Crippen LogP contribution in [0.1, 0.15) is 137 Å². The van der Waals surface area contributed by atoms with E-state index in [4.69, 9.17) is 22.3 Å². The Morgan fingerprint density at radius 3 is 1.17 bits per heavy atom. The van der Waals surface area contributed by atoms with E-state index in [-0.39, 0.29) is 105 Å². The first-order valence-corrected chi connectivity index (χ1v) is 36.4.